The number of esters is 1. The van der Waals surface area contributed by atoms with Crippen molar-refractivity contribution in [1.82, 2.24) is 9.97 Å². The first-order valence-corrected chi connectivity index (χ1v) is 10.3. The molecule has 148 valence electrons. The summed E-state index contributed by atoms with van der Waals surface area (Å²) in [5, 5.41) is 0. The molecule has 1 aliphatic heterocycles. The Hall–Kier alpha value is -3.06. The van der Waals surface area contributed by atoms with Crippen molar-refractivity contribution in [2.75, 3.05) is 14.2 Å². The molecule has 1 aliphatic rings. The third-order valence-electron chi connectivity index (χ3n) is 4.60. The van der Waals surface area contributed by atoms with Crippen molar-refractivity contribution in [1.29, 1.82) is 0 Å². The van der Waals surface area contributed by atoms with Crippen molar-refractivity contribution in [2.45, 2.75) is 17.9 Å². The number of carbonyl (C=O) groups is 1. The molecule has 29 heavy (non-hydrogen) atoms. The van der Waals surface area contributed by atoms with Crippen LogP contribution >= 0.6 is 11.8 Å². The minimum atomic E-state index is -0.270. The van der Waals surface area contributed by atoms with E-state index >= 15 is 0 Å². The Balaban J connectivity index is 1.61. The van der Waals surface area contributed by atoms with E-state index in [1.54, 1.807) is 18.9 Å². The van der Waals surface area contributed by atoms with Gasteiger partial charge >= 0.3 is 5.97 Å². The van der Waals surface area contributed by atoms with Crippen LogP contribution in [0.15, 0.2) is 48.5 Å². The van der Waals surface area contributed by atoms with Crippen LogP contribution in [0, 0.1) is 0 Å². The van der Waals surface area contributed by atoms with Crippen LogP contribution in [0.4, 0.5) is 0 Å². The predicted molar refractivity (Wildman–Crippen MR) is 111 cm³/mol. The molecule has 3 aromatic rings. The number of hydrogen-bond acceptors (Lipinski definition) is 7. The number of benzene rings is 2. The number of methoxy groups -OCH3 is 2. The van der Waals surface area contributed by atoms with Crippen LogP contribution in [-0.2, 0) is 27.5 Å². The van der Waals surface area contributed by atoms with Crippen molar-refractivity contribution in [2.24, 2.45) is 0 Å². The van der Waals surface area contributed by atoms with E-state index in [1.165, 1.54) is 7.11 Å². The number of thioether (sulfide) groups is 1. The first kappa shape index (κ1) is 19.3. The Morgan fingerprint density at radius 1 is 0.966 bits per heavy atom. The molecule has 4 rings (SSSR count). The molecule has 0 saturated heterocycles. The van der Waals surface area contributed by atoms with Gasteiger partial charge in [-0.2, -0.15) is 16.7 Å². The minimum Gasteiger partial charge on any atom is -0.497 e. The smallest absolute Gasteiger partial charge is 0.309 e. The first-order valence-electron chi connectivity index (χ1n) is 9.12. The SMILES string of the molecule is COC(=O)Cc1ccc(Oc2nc(-c3ccc(OC)cc3)nc3c2CSC3)cc1. The monoisotopic (exact) mass is 408 g/mol. The zero-order chi connectivity index (χ0) is 20.2. The second-order valence-electron chi connectivity index (χ2n) is 6.50. The summed E-state index contributed by atoms with van der Waals surface area (Å²) in [6.07, 6.45) is 0.234. The van der Waals surface area contributed by atoms with Crippen LogP contribution in [0.1, 0.15) is 16.8 Å². The molecule has 0 radical (unpaired) electrons. The minimum absolute atomic E-state index is 0.234. The maximum absolute atomic E-state index is 11.4. The molecular formula is C22H20N2O4S. The molecular weight excluding hydrogens is 388 g/mol. The van der Waals surface area contributed by atoms with Crippen molar-refractivity contribution in [3.8, 4) is 28.8 Å². The molecule has 0 bridgehead atoms. The van der Waals surface area contributed by atoms with Gasteiger partial charge in [0, 0.05) is 22.6 Å². The Bertz CT molecular complexity index is 1020. The topological polar surface area (TPSA) is 70.5 Å². The number of rotatable bonds is 6. The van der Waals surface area contributed by atoms with E-state index in [-0.39, 0.29) is 12.4 Å². The lowest BCUT2D eigenvalue weighted by molar-refractivity contribution is -0.139. The van der Waals surface area contributed by atoms with Gasteiger partial charge in [0.2, 0.25) is 5.88 Å². The Labute approximate surface area is 173 Å². The number of nitrogens with zero attached hydrogens (tertiary/aromatic N) is 2. The van der Waals surface area contributed by atoms with Gasteiger partial charge in [-0.15, -0.1) is 0 Å². The lowest BCUT2D eigenvalue weighted by atomic mass is 10.1. The highest BCUT2D eigenvalue weighted by atomic mass is 32.2. The Morgan fingerprint density at radius 3 is 2.38 bits per heavy atom. The maximum atomic E-state index is 11.4. The fourth-order valence-electron chi connectivity index (χ4n) is 3.00. The summed E-state index contributed by atoms with van der Waals surface area (Å²) in [4.78, 5) is 20.8. The van der Waals surface area contributed by atoms with Gasteiger partial charge in [0.25, 0.3) is 0 Å². The highest BCUT2D eigenvalue weighted by molar-refractivity contribution is 7.98. The van der Waals surface area contributed by atoms with Crippen LogP contribution in [0.5, 0.6) is 17.4 Å². The second kappa shape index (κ2) is 8.53. The lowest BCUT2D eigenvalue weighted by Crippen LogP contribution is -2.04. The molecule has 6 nitrogen and oxygen atoms in total. The highest BCUT2D eigenvalue weighted by Crippen LogP contribution is 2.37. The zero-order valence-electron chi connectivity index (χ0n) is 16.2. The van der Waals surface area contributed by atoms with Gasteiger partial charge in [-0.3, -0.25) is 4.79 Å². The van der Waals surface area contributed by atoms with Crippen LogP contribution < -0.4 is 9.47 Å². The summed E-state index contributed by atoms with van der Waals surface area (Å²) >= 11 is 1.80. The predicted octanol–water partition coefficient (Wildman–Crippen LogP) is 4.41. The van der Waals surface area contributed by atoms with Crippen molar-refractivity contribution < 1.29 is 19.0 Å². The van der Waals surface area contributed by atoms with Crippen LogP contribution in [0.2, 0.25) is 0 Å². The van der Waals surface area contributed by atoms with E-state index in [1.807, 2.05) is 48.5 Å². The van der Waals surface area contributed by atoms with E-state index in [2.05, 4.69) is 4.98 Å². The standard InChI is InChI=1S/C22H20N2O4S/c1-26-16-9-5-15(6-10-16)21-23-19-13-29-12-18(19)22(24-21)28-17-7-3-14(4-8-17)11-20(25)27-2/h3-10H,11-13H2,1-2H3. The zero-order valence-corrected chi connectivity index (χ0v) is 17.0. The molecule has 0 aliphatic carbocycles. The number of fused-ring (bicyclic) bond motifs is 1. The van der Waals surface area contributed by atoms with E-state index in [9.17, 15) is 4.79 Å². The lowest BCUT2D eigenvalue weighted by Gasteiger charge is -2.12. The van der Waals surface area contributed by atoms with Crippen LogP contribution in [-0.4, -0.2) is 30.2 Å². The fraction of sp³-hybridized carbons (Fsp3) is 0.227. The summed E-state index contributed by atoms with van der Waals surface area (Å²) in [6.45, 7) is 0. The molecule has 1 aromatic heterocycles. The molecule has 0 atom stereocenters. The van der Waals surface area contributed by atoms with Crippen LogP contribution in [0.25, 0.3) is 11.4 Å². The molecule has 0 spiro atoms. The molecule has 0 N–H and O–H groups in total. The first-order chi connectivity index (χ1) is 14.2. The number of aromatic nitrogens is 2. The largest absolute Gasteiger partial charge is 0.497 e. The van der Waals surface area contributed by atoms with Gasteiger partial charge in [-0.05, 0) is 42.0 Å². The molecule has 0 fully saturated rings. The van der Waals surface area contributed by atoms with Gasteiger partial charge in [-0.1, -0.05) is 12.1 Å². The molecule has 2 aromatic carbocycles. The summed E-state index contributed by atoms with van der Waals surface area (Å²) < 4.78 is 16.0. The summed E-state index contributed by atoms with van der Waals surface area (Å²) in [5.41, 5.74) is 3.81. The maximum Gasteiger partial charge on any atom is 0.309 e. The van der Waals surface area contributed by atoms with Gasteiger partial charge in [0.1, 0.15) is 11.5 Å². The van der Waals surface area contributed by atoms with E-state index in [0.717, 1.165) is 39.6 Å². The molecule has 2 heterocycles. The fourth-order valence-corrected chi connectivity index (χ4v) is 4.03. The van der Waals surface area contributed by atoms with Crippen LogP contribution in [0.3, 0.4) is 0 Å². The Morgan fingerprint density at radius 2 is 1.69 bits per heavy atom. The third-order valence-corrected chi connectivity index (χ3v) is 5.57. The average Bonchev–Trinajstić information content (AvgIpc) is 3.24. The van der Waals surface area contributed by atoms with Gasteiger partial charge < -0.3 is 14.2 Å². The van der Waals surface area contributed by atoms with E-state index < -0.39 is 0 Å². The van der Waals surface area contributed by atoms with E-state index in [4.69, 9.17) is 19.2 Å². The number of carbonyl (C=O) groups excluding carboxylic acids is 1. The average molecular weight is 408 g/mol. The quantitative estimate of drug-likeness (QED) is 0.560. The second-order valence-corrected chi connectivity index (χ2v) is 7.48. The normalized spacial score (nSPS) is 12.3. The van der Waals surface area contributed by atoms with Gasteiger partial charge in [0.05, 0.1) is 26.3 Å². The van der Waals surface area contributed by atoms with Crippen molar-refractivity contribution in [3.63, 3.8) is 0 Å². The molecule has 7 heteroatoms. The van der Waals surface area contributed by atoms with Crippen molar-refractivity contribution in [3.05, 3.63) is 65.4 Å². The highest BCUT2D eigenvalue weighted by Gasteiger charge is 2.22. The van der Waals surface area contributed by atoms with Gasteiger partial charge in [-0.25, -0.2) is 4.98 Å². The number of hydrogen-bond donors (Lipinski definition) is 0. The molecule has 0 unspecified atom stereocenters. The third kappa shape index (κ3) is 4.35. The summed E-state index contributed by atoms with van der Waals surface area (Å²) in [6, 6.07) is 15.0. The van der Waals surface area contributed by atoms with Gasteiger partial charge in [0.15, 0.2) is 5.82 Å². The molecule has 0 saturated carbocycles. The molecule has 0 amide bonds. The number of ether oxygens (including phenoxy) is 3. The summed E-state index contributed by atoms with van der Waals surface area (Å²) in [7, 11) is 3.02. The Kier molecular flexibility index (Phi) is 5.67. The van der Waals surface area contributed by atoms with Crippen molar-refractivity contribution >= 4 is 17.7 Å². The van der Waals surface area contributed by atoms with E-state index in [0.29, 0.717) is 17.5 Å². The summed E-state index contributed by atoms with van der Waals surface area (Å²) in [5.74, 6) is 4.06.